The number of aryl methyl sites for hydroxylation is 2. The first kappa shape index (κ1) is 19.4. The fraction of sp³-hybridized carbons (Fsp3) is 0.318. The van der Waals surface area contributed by atoms with Crippen LogP contribution in [0.25, 0.3) is 0 Å². The van der Waals surface area contributed by atoms with Gasteiger partial charge in [0.1, 0.15) is 11.6 Å². The van der Waals surface area contributed by atoms with Crippen LogP contribution in [0, 0.1) is 13.8 Å². The largest absolute Gasteiger partial charge is 0.496 e. The van der Waals surface area contributed by atoms with Crippen LogP contribution in [-0.4, -0.2) is 34.4 Å². The minimum Gasteiger partial charge on any atom is -0.496 e. The number of carbonyl (C=O) groups is 1. The molecule has 3 heterocycles. The van der Waals surface area contributed by atoms with Gasteiger partial charge in [-0.2, -0.15) is 0 Å². The quantitative estimate of drug-likeness (QED) is 0.651. The average Bonchev–Trinajstić information content (AvgIpc) is 3.36. The van der Waals surface area contributed by atoms with Gasteiger partial charge in [-0.1, -0.05) is 18.2 Å². The predicted molar refractivity (Wildman–Crippen MR) is 115 cm³/mol. The summed E-state index contributed by atoms with van der Waals surface area (Å²) in [5, 5.41) is 6.08. The summed E-state index contributed by atoms with van der Waals surface area (Å²) >= 11 is 1.55. The molecule has 1 aliphatic heterocycles. The van der Waals surface area contributed by atoms with Crippen molar-refractivity contribution in [3.05, 3.63) is 64.3 Å². The van der Waals surface area contributed by atoms with Crippen molar-refractivity contribution in [3.8, 4) is 5.75 Å². The number of benzene rings is 1. The van der Waals surface area contributed by atoms with E-state index in [0.29, 0.717) is 17.9 Å². The zero-order valence-electron chi connectivity index (χ0n) is 16.8. The fourth-order valence-electron chi connectivity index (χ4n) is 3.79. The zero-order valence-corrected chi connectivity index (χ0v) is 17.6. The second kappa shape index (κ2) is 8.21. The van der Waals surface area contributed by atoms with Gasteiger partial charge in [-0.05, 0) is 50.5 Å². The molecule has 0 saturated carbocycles. The van der Waals surface area contributed by atoms with E-state index in [1.807, 2.05) is 60.5 Å². The summed E-state index contributed by atoms with van der Waals surface area (Å²) in [6, 6.07) is 11.5. The van der Waals surface area contributed by atoms with Gasteiger partial charge in [0.05, 0.1) is 30.1 Å². The Morgan fingerprint density at radius 1 is 1.21 bits per heavy atom. The molecular weight excluding hydrogens is 384 g/mol. The third-order valence-electron chi connectivity index (χ3n) is 5.13. The molecule has 1 aliphatic rings. The molecule has 3 aromatic rings. The molecule has 1 atom stereocenters. The summed E-state index contributed by atoms with van der Waals surface area (Å²) in [7, 11) is 1.61. The van der Waals surface area contributed by atoms with Crippen LogP contribution < -0.4 is 10.1 Å². The normalized spacial score (nSPS) is 16.1. The Bertz CT molecular complexity index is 1030. The van der Waals surface area contributed by atoms with Crippen LogP contribution in [-0.2, 0) is 0 Å². The number of hydrogen-bond donors (Lipinski definition) is 1. The number of anilines is 2. The molecule has 1 unspecified atom stereocenters. The first-order valence-corrected chi connectivity index (χ1v) is 10.6. The number of para-hydroxylation sites is 1. The third kappa shape index (κ3) is 3.96. The van der Waals surface area contributed by atoms with Crippen molar-refractivity contribution in [3.63, 3.8) is 0 Å². The van der Waals surface area contributed by atoms with Crippen LogP contribution in [0.5, 0.6) is 5.75 Å². The van der Waals surface area contributed by atoms with E-state index in [1.165, 1.54) is 0 Å². The molecule has 7 heteroatoms. The number of pyridine rings is 1. The minimum atomic E-state index is -0.0486. The van der Waals surface area contributed by atoms with Crippen LogP contribution in [0.2, 0.25) is 0 Å². The van der Waals surface area contributed by atoms with Crippen LogP contribution >= 0.6 is 11.3 Å². The Morgan fingerprint density at radius 2 is 2.03 bits per heavy atom. The van der Waals surface area contributed by atoms with Crippen molar-refractivity contribution in [2.75, 3.05) is 19.0 Å². The lowest BCUT2D eigenvalue weighted by Crippen LogP contribution is -2.31. The van der Waals surface area contributed by atoms with Crippen molar-refractivity contribution in [1.82, 2.24) is 14.9 Å². The number of aromatic nitrogens is 2. The van der Waals surface area contributed by atoms with Gasteiger partial charge in [-0.15, -0.1) is 11.3 Å². The fourth-order valence-corrected chi connectivity index (χ4v) is 4.49. The standard InChI is InChI=1S/C22H24N4O2S/c1-14-7-4-8-16(20(14)28-3)21(27)26-12-6-10-18(26)17-9-5-11-19(24-17)25-22-23-15(2)13-29-22/h4-5,7-9,11,13,18H,6,10,12H2,1-3H3,(H,23,24,25). The molecule has 0 bridgehead atoms. The van der Waals surface area contributed by atoms with E-state index in [-0.39, 0.29) is 11.9 Å². The van der Waals surface area contributed by atoms with Crippen LogP contribution in [0.1, 0.15) is 46.2 Å². The van der Waals surface area contributed by atoms with Crippen molar-refractivity contribution in [1.29, 1.82) is 0 Å². The van der Waals surface area contributed by atoms with E-state index < -0.39 is 0 Å². The Kier molecular flexibility index (Phi) is 5.49. The smallest absolute Gasteiger partial charge is 0.258 e. The Hall–Kier alpha value is -2.93. The molecule has 29 heavy (non-hydrogen) atoms. The summed E-state index contributed by atoms with van der Waals surface area (Å²) in [6.07, 6.45) is 1.85. The number of nitrogens with one attached hydrogen (secondary N) is 1. The predicted octanol–water partition coefficient (Wildman–Crippen LogP) is 4.88. The van der Waals surface area contributed by atoms with Gasteiger partial charge in [0.15, 0.2) is 5.13 Å². The molecule has 1 amide bonds. The number of nitrogens with zero attached hydrogens (tertiary/aromatic N) is 3. The third-order valence-corrected chi connectivity index (χ3v) is 6.00. The van der Waals surface area contributed by atoms with Gasteiger partial charge in [0.2, 0.25) is 0 Å². The van der Waals surface area contributed by atoms with Crippen molar-refractivity contribution in [2.45, 2.75) is 32.7 Å². The molecule has 6 nitrogen and oxygen atoms in total. The Morgan fingerprint density at radius 3 is 2.79 bits per heavy atom. The molecule has 2 aromatic heterocycles. The van der Waals surface area contributed by atoms with Crippen molar-refractivity contribution < 1.29 is 9.53 Å². The van der Waals surface area contributed by atoms with Crippen LogP contribution in [0.4, 0.5) is 10.9 Å². The van der Waals surface area contributed by atoms with Gasteiger partial charge >= 0.3 is 0 Å². The number of thiazole rings is 1. The summed E-state index contributed by atoms with van der Waals surface area (Å²) in [5.74, 6) is 1.37. The van der Waals surface area contributed by atoms with E-state index in [4.69, 9.17) is 9.72 Å². The molecule has 0 radical (unpaired) electrons. The Labute approximate surface area is 174 Å². The zero-order chi connectivity index (χ0) is 20.4. The lowest BCUT2D eigenvalue weighted by atomic mass is 10.1. The highest BCUT2D eigenvalue weighted by molar-refractivity contribution is 7.13. The van der Waals surface area contributed by atoms with Gasteiger partial charge in [0, 0.05) is 11.9 Å². The molecule has 150 valence electrons. The van der Waals surface area contributed by atoms with E-state index in [1.54, 1.807) is 18.4 Å². The maximum absolute atomic E-state index is 13.3. The Balaban J connectivity index is 1.59. The number of ether oxygens (including phenoxy) is 1. The molecule has 0 aliphatic carbocycles. The molecular formula is C22H24N4O2S. The summed E-state index contributed by atoms with van der Waals surface area (Å²) in [4.78, 5) is 24.5. The highest BCUT2D eigenvalue weighted by atomic mass is 32.1. The van der Waals surface area contributed by atoms with E-state index in [2.05, 4.69) is 10.3 Å². The number of rotatable bonds is 5. The van der Waals surface area contributed by atoms with Crippen molar-refractivity contribution in [2.24, 2.45) is 0 Å². The molecule has 1 aromatic carbocycles. The maximum Gasteiger partial charge on any atom is 0.258 e. The number of amides is 1. The van der Waals surface area contributed by atoms with Gasteiger partial charge < -0.3 is 15.0 Å². The van der Waals surface area contributed by atoms with Crippen LogP contribution in [0.15, 0.2) is 41.8 Å². The number of likely N-dealkylation sites (tertiary alicyclic amines) is 1. The highest BCUT2D eigenvalue weighted by Gasteiger charge is 2.33. The van der Waals surface area contributed by atoms with Gasteiger partial charge in [-0.3, -0.25) is 4.79 Å². The van der Waals surface area contributed by atoms with E-state index in [0.717, 1.165) is 40.7 Å². The lowest BCUT2D eigenvalue weighted by Gasteiger charge is -2.25. The first-order chi connectivity index (χ1) is 14.1. The minimum absolute atomic E-state index is 0.0104. The molecule has 0 spiro atoms. The number of methoxy groups -OCH3 is 1. The SMILES string of the molecule is COc1c(C)cccc1C(=O)N1CCCC1c1cccc(Nc2nc(C)cs2)n1. The lowest BCUT2D eigenvalue weighted by molar-refractivity contribution is 0.0729. The number of hydrogen-bond acceptors (Lipinski definition) is 6. The second-order valence-corrected chi connectivity index (χ2v) is 8.04. The van der Waals surface area contributed by atoms with Gasteiger partial charge in [0.25, 0.3) is 5.91 Å². The highest BCUT2D eigenvalue weighted by Crippen LogP contribution is 2.35. The molecule has 1 saturated heterocycles. The van der Waals surface area contributed by atoms with E-state index >= 15 is 0 Å². The maximum atomic E-state index is 13.3. The first-order valence-electron chi connectivity index (χ1n) is 9.67. The monoisotopic (exact) mass is 408 g/mol. The number of carbonyl (C=O) groups excluding carboxylic acids is 1. The molecule has 1 fully saturated rings. The molecule has 4 rings (SSSR count). The molecule has 1 N–H and O–H groups in total. The topological polar surface area (TPSA) is 67.3 Å². The van der Waals surface area contributed by atoms with Gasteiger partial charge in [-0.25, -0.2) is 9.97 Å². The van der Waals surface area contributed by atoms with E-state index in [9.17, 15) is 4.79 Å². The average molecular weight is 409 g/mol. The summed E-state index contributed by atoms with van der Waals surface area (Å²) in [5.41, 5.74) is 3.43. The van der Waals surface area contributed by atoms with Crippen LogP contribution in [0.3, 0.4) is 0 Å². The second-order valence-electron chi connectivity index (χ2n) is 7.18. The summed E-state index contributed by atoms with van der Waals surface area (Å²) in [6.45, 7) is 4.63. The summed E-state index contributed by atoms with van der Waals surface area (Å²) < 4.78 is 5.51. The van der Waals surface area contributed by atoms with Crippen molar-refractivity contribution >= 4 is 28.2 Å².